The monoisotopic (exact) mass is 347 g/mol. The topological polar surface area (TPSA) is 29.5 Å². The summed E-state index contributed by atoms with van der Waals surface area (Å²) in [5.74, 6) is 0.757. The van der Waals surface area contributed by atoms with Gasteiger partial charge in [-0.05, 0) is 30.4 Å². The zero-order valence-corrected chi connectivity index (χ0v) is 15.6. The molecular weight excluding hydrogens is 322 g/mol. The summed E-state index contributed by atoms with van der Waals surface area (Å²) in [5.41, 5.74) is 2.33. The molecule has 0 spiro atoms. The van der Waals surface area contributed by atoms with Gasteiger partial charge in [-0.2, -0.15) is 0 Å². The lowest BCUT2D eigenvalue weighted by molar-refractivity contribution is -0.138. The quantitative estimate of drug-likeness (QED) is 0.630. The minimum absolute atomic E-state index is 0.000934. The van der Waals surface area contributed by atoms with Gasteiger partial charge in [-0.1, -0.05) is 73.2 Å². The Kier molecular flexibility index (Phi) is 5.57. The van der Waals surface area contributed by atoms with Crippen LogP contribution in [0.2, 0.25) is 0 Å². The number of carbonyl (C=O) groups excluding carboxylic acids is 1. The second kappa shape index (κ2) is 8.05. The number of nitrogens with zero attached hydrogens (tertiary/aromatic N) is 1. The van der Waals surface area contributed by atoms with Crippen molar-refractivity contribution in [3.63, 3.8) is 0 Å². The van der Waals surface area contributed by atoms with Crippen molar-refractivity contribution in [2.75, 3.05) is 7.05 Å². The van der Waals surface area contributed by atoms with Crippen LogP contribution >= 0.6 is 0 Å². The van der Waals surface area contributed by atoms with Crippen LogP contribution in [-0.4, -0.2) is 24.0 Å². The van der Waals surface area contributed by atoms with E-state index in [0.29, 0.717) is 13.0 Å². The van der Waals surface area contributed by atoms with E-state index in [-0.39, 0.29) is 5.91 Å². The number of rotatable bonds is 6. The van der Waals surface area contributed by atoms with E-state index in [9.17, 15) is 4.79 Å². The van der Waals surface area contributed by atoms with Gasteiger partial charge in [0.25, 0.3) is 5.91 Å². The van der Waals surface area contributed by atoms with Crippen LogP contribution in [0.5, 0.6) is 5.75 Å². The van der Waals surface area contributed by atoms with Gasteiger partial charge in [-0.25, -0.2) is 0 Å². The van der Waals surface area contributed by atoms with Gasteiger partial charge in [0.1, 0.15) is 5.75 Å². The Bertz CT molecular complexity index is 881. The number of carbonyl (C=O) groups is 1. The molecule has 0 radical (unpaired) electrons. The number of benzene rings is 3. The predicted octanol–water partition coefficient (Wildman–Crippen LogP) is 4.96. The Hall–Kier alpha value is -2.81. The molecular formula is C23H25NO2. The van der Waals surface area contributed by atoms with Crippen LogP contribution in [0.25, 0.3) is 10.8 Å². The average molecular weight is 347 g/mol. The summed E-state index contributed by atoms with van der Waals surface area (Å²) < 4.78 is 6.13. The summed E-state index contributed by atoms with van der Waals surface area (Å²) in [6.45, 7) is 4.62. The highest BCUT2D eigenvalue weighted by Crippen LogP contribution is 2.27. The highest BCUT2D eigenvalue weighted by Gasteiger charge is 2.23. The van der Waals surface area contributed by atoms with Crippen LogP contribution < -0.4 is 4.74 Å². The molecule has 0 saturated carbocycles. The molecule has 0 bridgehead atoms. The van der Waals surface area contributed by atoms with Crippen LogP contribution in [0.15, 0.2) is 66.7 Å². The molecule has 3 nitrogen and oxygen atoms in total. The summed E-state index contributed by atoms with van der Waals surface area (Å²) in [5, 5.41) is 2.14. The Labute approximate surface area is 155 Å². The smallest absolute Gasteiger partial charge is 0.263 e. The minimum Gasteiger partial charge on any atom is -0.480 e. The van der Waals surface area contributed by atoms with E-state index in [1.165, 1.54) is 5.56 Å². The maximum atomic E-state index is 12.9. The first kappa shape index (κ1) is 18.0. The number of fused-ring (bicyclic) bond motifs is 1. The van der Waals surface area contributed by atoms with Crippen molar-refractivity contribution in [1.29, 1.82) is 0 Å². The molecule has 0 unspecified atom stereocenters. The van der Waals surface area contributed by atoms with Crippen LogP contribution in [0.4, 0.5) is 0 Å². The van der Waals surface area contributed by atoms with Crippen molar-refractivity contribution in [1.82, 2.24) is 4.90 Å². The number of aryl methyl sites for hydroxylation is 1. The largest absolute Gasteiger partial charge is 0.480 e. The van der Waals surface area contributed by atoms with E-state index in [1.54, 1.807) is 4.90 Å². The molecule has 134 valence electrons. The van der Waals surface area contributed by atoms with Gasteiger partial charge in [0, 0.05) is 19.0 Å². The van der Waals surface area contributed by atoms with Gasteiger partial charge >= 0.3 is 0 Å². The fraction of sp³-hybridized carbons (Fsp3) is 0.261. The number of ether oxygens (including phenoxy) is 1. The van der Waals surface area contributed by atoms with E-state index in [0.717, 1.165) is 22.1 Å². The molecule has 1 atom stereocenters. The molecule has 3 aromatic rings. The second-order valence-electron chi connectivity index (χ2n) is 6.67. The summed E-state index contributed by atoms with van der Waals surface area (Å²) in [7, 11) is 1.83. The second-order valence-corrected chi connectivity index (χ2v) is 6.67. The van der Waals surface area contributed by atoms with Gasteiger partial charge in [0.2, 0.25) is 0 Å². The molecule has 1 amide bonds. The third kappa shape index (κ3) is 4.05. The lowest BCUT2D eigenvalue weighted by Gasteiger charge is -2.24. The average Bonchev–Trinajstić information content (AvgIpc) is 2.67. The highest BCUT2D eigenvalue weighted by molar-refractivity contribution is 5.89. The van der Waals surface area contributed by atoms with Crippen molar-refractivity contribution in [2.45, 2.75) is 32.9 Å². The van der Waals surface area contributed by atoms with Crippen LogP contribution in [0, 0.1) is 6.92 Å². The van der Waals surface area contributed by atoms with Crippen LogP contribution in [-0.2, 0) is 11.3 Å². The summed E-state index contributed by atoms with van der Waals surface area (Å²) >= 11 is 0. The molecule has 0 fully saturated rings. The van der Waals surface area contributed by atoms with Crippen LogP contribution in [0.3, 0.4) is 0 Å². The lowest BCUT2D eigenvalue weighted by atomic mass is 10.1. The maximum absolute atomic E-state index is 12.9. The Morgan fingerprint density at radius 2 is 1.69 bits per heavy atom. The van der Waals surface area contributed by atoms with Gasteiger partial charge in [-0.15, -0.1) is 0 Å². The van der Waals surface area contributed by atoms with Gasteiger partial charge in [0.05, 0.1) is 0 Å². The van der Waals surface area contributed by atoms with Crippen molar-refractivity contribution in [2.24, 2.45) is 0 Å². The minimum atomic E-state index is -0.490. The van der Waals surface area contributed by atoms with Crippen molar-refractivity contribution >= 4 is 16.7 Å². The molecule has 0 aliphatic heterocycles. The first-order valence-corrected chi connectivity index (χ1v) is 9.03. The molecule has 0 aromatic heterocycles. The normalized spacial score (nSPS) is 12.0. The molecule has 0 saturated heterocycles. The molecule has 0 aliphatic rings. The van der Waals surface area contributed by atoms with E-state index in [2.05, 4.69) is 43.3 Å². The van der Waals surface area contributed by atoms with E-state index < -0.39 is 6.10 Å². The summed E-state index contributed by atoms with van der Waals surface area (Å²) in [6.07, 6.45) is 0.136. The Balaban J connectivity index is 1.74. The molecule has 3 heteroatoms. The van der Waals surface area contributed by atoms with Gasteiger partial charge in [-0.3, -0.25) is 4.79 Å². The van der Waals surface area contributed by atoms with E-state index in [1.807, 2.05) is 44.3 Å². The Morgan fingerprint density at radius 1 is 1.00 bits per heavy atom. The number of hydrogen-bond donors (Lipinski definition) is 0. The number of hydrogen-bond acceptors (Lipinski definition) is 2. The zero-order chi connectivity index (χ0) is 18.5. The standard InChI is InChI=1S/C23H25NO2/c1-4-21(23(25)24(3)16-18-14-12-17(2)13-15-18)26-22-11-7-9-19-8-5-6-10-20(19)22/h5-15,21H,4,16H2,1-3H3/t21-/m1/s1. The number of likely N-dealkylation sites (N-methyl/N-ethyl adjacent to an activating group) is 1. The Morgan fingerprint density at radius 3 is 2.42 bits per heavy atom. The SMILES string of the molecule is CC[C@@H](Oc1cccc2ccccc12)C(=O)N(C)Cc1ccc(C)cc1. The fourth-order valence-corrected chi connectivity index (χ4v) is 3.05. The summed E-state index contributed by atoms with van der Waals surface area (Å²) in [6, 6.07) is 22.3. The summed E-state index contributed by atoms with van der Waals surface area (Å²) in [4.78, 5) is 14.6. The first-order chi connectivity index (χ1) is 12.6. The van der Waals surface area contributed by atoms with Crippen molar-refractivity contribution in [3.8, 4) is 5.75 Å². The molecule has 3 aromatic carbocycles. The lowest BCUT2D eigenvalue weighted by Crippen LogP contribution is -2.39. The van der Waals surface area contributed by atoms with E-state index in [4.69, 9.17) is 4.74 Å². The predicted molar refractivity (Wildman–Crippen MR) is 106 cm³/mol. The van der Waals surface area contributed by atoms with Gasteiger partial charge < -0.3 is 9.64 Å². The van der Waals surface area contributed by atoms with Crippen molar-refractivity contribution in [3.05, 3.63) is 77.9 Å². The maximum Gasteiger partial charge on any atom is 0.263 e. The molecule has 0 aliphatic carbocycles. The van der Waals surface area contributed by atoms with Gasteiger partial charge in [0.15, 0.2) is 6.10 Å². The zero-order valence-electron chi connectivity index (χ0n) is 15.6. The molecule has 26 heavy (non-hydrogen) atoms. The molecule has 0 N–H and O–H groups in total. The fourth-order valence-electron chi connectivity index (χ4n) is 3.05. The third-order valence-electron chi connectivity index (χ3n) is 4.58. The molecule has 0 heterocycles. The van der Waals surface area contributed by atoms with E-state index >= 15 is 0 Å². The van der Waals surface area contributed by atoms with Crippen molar-refractivity contribution < 1.29 is 9.53 Å². The number of amides is 1. The third-order valence-corrected chi connectivity index (χ3v) is 4.58. The van der Waals surface area contributed by atoms with Crippen LogP contribution in [0.1, 0.15) is 24.5 Å². The first-order valence-electron chi connectivity index (χ1n) is 9.03. The molecule has 3 rings (SSSR count). The highest BCUT2D eigenvalue weighted by atomic mass is 16.5.